The molecule has 0 saturated heterocycles. The fraction of sp³-hybridized carbons (Fsp3) is 0.500. The van der Waals surface area contributed by atoms with Gasteiger partial charge in [0.2, 0.25) is 5.91 Å². The summed E-state index contributed by atoms with van der Waals surface area (Å²) in [4.78, 5) is 14.4. The van der Waals surface area contributed by atoms with Gasteiger partial charge in [0, 0.05) is 18.1 Å². The van der Waals surface area contributed by atoms with Gasteiger partial charge in [-0.15, -0.1) is 10.2 Å². The molecule has 1 aliphatic rings. The highest BCUT2D eigenvalue weighted by molar-refractivity contribution is 7.99. The number of hydrogen-bond acceptors (Lipinski definition) is 4. The van der Waals surface area contributed by atoms with Crippen molar-refractivity contribution >= 4 is 29.3 Å². The molecule has 5 nitrogen and oxygen atoms in total. The third kappa shape index (κ3) is 4.36. The lowest BCUT2D eigenvalue weighted by Gasteiger charge is -2.31. The molecule has 1 aromatic carbocycles. The molecule has 0 bridgehead atoms. The van der Waals surface area contributed by atoms with Crippen molar-refractivity contribution in [1.82, 2.24) is 19.7 Å². The number of carbonyl (C=O) groups is 1. The van der Waals surface area contributed by atoms with Crippen LogP contribution in [0.15, 0.2) is 29.7 Å². The Kier molecular flexibility index (Phi) is 6.02. The monoisotopic (exact) mass is 378 g/mol. The van der Waals surface area contributed by atoms with Crippen LogP contribution in [-0.2, 0) is 4.79 Å². The molecule has 134 valence electrons. The van der Waals surface area contributed by atoms with Gasteiger partial charge in [-0.1, -0.05) is 48.7 Å². The predicted molar refractivity (Wildman–Crippen MR) is 101 cm³/mol. The van der Waals surface area contributed by atoms with Crippen LogP contribution in [0.4, 0.5) is 0 Å². The van der Waals surface area contributed by atoms with Crippen LogP contribution in [-0.4, -0.2) is 44.4 Å². The molecular formula is C18H23ClN4OS. The molecule has 25 heavy (non-hydrogen) atoms. The van der Waals surface area contributed by atoms with E-state index in [2.05, 4.69) is 10.2 Å². The van der Waals surface area contributed by atoms with Crippen LogP contribution < -0.4 is 0 Å². The number of hydrogen-bond donors (Lipinski definition) is 0. The van der Waals surface area contributed by atoms with Crippen molar-refractivity contribution in [3.8, 4) is 5.69 Å². The second-order valence-corrected chi connectivity index (χ2v) is 7.85. The SMILES string of the molecule is Cc1ccc(-n2cnnc2SCC(=O)N(C)C2CCCCC2)cc1Cl. The van der Waals surface area contributed by atoms with E-state index >= 15 is 0 Å². The number of aromatic nitrogens is 3. The lowest BCUT2D eigenvalue weighted by Crippen LogP contribution is -2.39. The molecule has 7 heteroatoms. The quantitative estimate of drug-likeness (QED) is 0.734. The summed E-state index contributed by atoms with van der Waals surface area (Å²) in [6.07, 6.45) is 7.61. The van der Waals surface area contributed by atoms with Crippen molar-refractivity contribution < 1.29 is 4.79 Å². The van der Waals surface area contributed by atoms with Gasteiger partial charge in [-0.25, -0.2) is 0 Å². The van der Waals surface area contributed by atoms with Gasteiger partial charge in [-0.3, -0.25) is 9.36 Å². The Labute approximate surface area is 157 Å². The van der Waals surface area contributed by atoms with Crippen LogP contribution in [0.5, 0.6) is 0 Å². The minimum absolute atomic E-state index is 0.147. The highest BCUT2D eigenvalue weighted by atomic mass is 35.5. The number of nitrogens with zero attached hydrogens (tertiary/aromatic N) is 4. The zero-order chi connectivity index (χ0) is 17.8. The van der Waals surface area contributed by atoms with Gasteiger partial charge in [0.15, 0.2) is 5.16 Å². The van der Waals surface area contributed by atoms with Gasteiger partial charge in [0.05, 0.1) is 11.4 Å². The maximum atomic E-state index is 12.5. The van der Waals surface area contributed by atoms with Crippen LogP contribution >= 0.6 is 23.4 Å². The minimum atomic E-state index is 0.147. The van der Waals surface area contributed by atoms with Crippen molar-refractivity contribution in [3.05, 3.63) is 35.1 Å². The second kappa shape index (κ2) is 8.23. The summed E-state index contributed by atoms with van der Waals surface area (Å²) in [6, 6.07) is 6.22. The highest BCUT2D eigenvalue weighted by Crippen LogP contribution is 2.25. The van der Waals surface area contributed by atoms with E-state index in [1.54, 1.807) is 6.33 Å². The van der Waals surface area contributed by atoms with Crippen molar-refractivity contribution in [2.24, 2.45) is 0 Å². The van der Waals surface area contributed by atoms with E-state index in [0.717, 1.165) is 24.1 Å². The third-order valence-corrected chi connectivity index (χ3v) is 6.13. The smallest absolute Gasteiger partial charge is 0.233 e. The topological polar surface area (TPSA) is 51.0 Å². The van der Waals surface area contributed by atoms with Crippen molar-refractivity contribution in [2.75, 3.05) is 12.8 Å². The molecule has 3 rings (SSSR count). The maximum absolute atomic E-state index is 12.5. The molecule has 0 spiro atoms. The summed E-state index contributed by atoms with van der Waals surface area (Å²) in [5, 5.41) is 9.54. The van der Waals surface area contributed by atoms with Crippen molar-refractivity contribution in [2.45, 2.75) is 50.2 Å². The Morgan fingerprint density at radius 3 is 2.84 bits per heavy atom. The zero-order valence-electron chi connectivity index (χ0n) is 14.6. The highest BCUT2D eigenvalue weighted by Gasteiger charge is 2.22. The average molecular weight is 379 g/mol. The van der Waals surface area contributed by atoms with Gasteiger partial charge in [0.25, 0.3) is 0 Å². The first-order valence-corrected chi connectivity index (χ1v) is 9.97. The number of thioether (sulfide) groups is 1. The number of halogens is 1. The van der Waals surface area contributed by atoms with Gasteiger partial charge in [-0.2, -0.15) is 0 Å². The summed E-state index contributed by atoms with van der Waals surface area (Å²) >= 11 is 7.63. The van der Waals surface area contributed by atoms with Crippen molar-refractivity contribution in [1.29, 1.82) is 0 Å². The molecule has 0 aliphatic heterocycles. The molecule has 0 radical (unpaired) electrons. The normalized spacial score (nSPS) is 15.3. The molecule has 1 amide bonds. The van der Waals surface area contributed by atoms with Crippen LogP contribution in [0.25, 0.3) is 5.69 Å². The molecule has 1 saturated carbocycles. The Morgan fingerprint density at radius 2 is 2.12 bits per heavy atom. The molecule has 1 heterocycles. The molecule has 1 fully saturated rings. The molecule has 1 aromatic heterocycles. The maximum Gasteiger partial charge on any atom is 0.233 e. The van der Waals surface area contributed by atoms with E-state index in [4.69, 9.17) is 11.6 Å². The first kappa shape index (κ1) is 18.3. The summed E-state index contributed by atoms with van der Waals surface area (Å²) in [6.45, 7) is 1.97. The summed E-state index contributed by atoms with van der Waals surface area (Å²) < 4.78 is 1.86. The molecule has 0 atom stereocenters. The third-order valence-electron chi connectivity index (χ3n) is 4.79. The van der Waals surface area contributed by atoms with E-state index in [1.165, 1.54) is 31.0 Å². The van der Waals surface area contributed by atoms with E-state index in [1.807, 2.05) is 41.6 Å². The number of carbonyl (C=O) groups excluding carboxylic acids is 1. The molecule has 2 aromatic rings. The second-order valence-electron chi connectivity index (χ2n) is 6.50. The lowest BCUT2D eigenvalue weighted by atomic mass is 9.94. The Morgan fingerprint density at radius 1 is 1.36 bits per heavy atom. The van der Waals surface area contributed by atoms with E-state index < -0.39 is 0 Å². The average Bonchev–Trinajstić information content (AvgIpc) is 3.10. The summed E-state index contributed by atoms with van der Waals surface area (Å²) in [7, 11) is 1.92. The Bertz CT molecular complexity index is 742. The predicted octanol–water partition coefficient (Wildman–Crippen LogP) is 4.11. The van der Waals surface area contributed by atoms with E-state index in [-0.39, 0.29) is 5.91 Å². The first-order chi connectivity index (χ1) is 12.1. The van der Waals surface area contributed by atoms with Crippen LogP contribution in [0.2, 0.25) is 5.02 Å². The summed E-state index contributed by atoms with van der Waals surface area (Å²) in [5.41, 5.74) is 1.92. The standard InChI is InChI=1S/C18H23ClN4OS/c1-13-8-9-15(10-16(13)19)23-12-20-21-18(23)25-11-17(24)22(2)14-6-4-3-5-7-14/h8-10,12,14H,3-7,11H2,1-2H3. The number of amides is 1. The fourth-order valence-electron chi connectivity index (χ4n) is 3.13. The van der Waals surface area contributed by atoms with Crippen LogP contribution in [0.3, 0.4) is 0 Å². The molecule has 0 N–H and O–H groups in total. The minimum Gasteiger partial charge on any atom is -0.342 e. The van der Waals surface area contributed by atoms with Gasteiger partial charge >= 0.3 is 0 Å². The number of rotatable bonds is 5. The first-order valence-electron chi connectivity index (χ1n) is 8.61. The van der Waals surface area contributed by atoms with Gasteiger partial charge in [-0.05, 0) is 37.5 Å². The van der Waals surface area contributed by atoms with E-state index in [0.29, 0.717) is 22.0 Å². The lowest BCUT2D eigenvalue weighted by molar-refractivity contribution is -0.129. The molecular weight excluding hydrogens is 356 g/mol. The van der Waals surface area contributed by atoms with E-state index in [9.17, 15) is 4.79 Å². The van der Waals surface area contributed by atoms with Crippen LogP contribution in [0, 0.1) is 6.92 Å². The van der Waals surface area contributed by atoms with Crippen molar-refractivity contribution in [3.63, 3.8) is 0 Å². The summed E-state index contributed by atoms with van der Waals surface area (Å²) in [5.74, 6) is 0.513. The fourth-order valence-corrected chi connectivity index (χ4v) is 4.16. The molecule has 0 unspecified atom stereocenters. The molecule has 1 aliphatic carbocycles. The van der Waals surface area contributed by atoms with Crippen LogP contribution in [0.1, 0.15) is 37.7 Å². The Hall–Kier alpha value is -1.53. The number of aryl methyl sites for hydroxylation is 1. The van der Waals surface area contributed by atoms with Gasteiger partial charge in [0.1, 0.15) is 6.33 Å². The number of benzene rings is 1. The Balaban J connectivity index is 1.65. The zero-order valence-corrected chi connectivity index (χ0v) is 16.2. The van der Waals surface area contributed by atoms with Gasteiger partial charge < -0.3 is 4.90 Å². The largest absolute Gasteiger partial charge is 0.342 e.